The first kappa shape index (κ1) is 14.5. The predicted molar refractivity (Wildman–Crippen MR) is 83.3 cm³/mol. The third-order valence-electron chi connectivity index (χ3n) is 7.82. The van der Waals surface area contributed by atoms with Gasteiger partial charge in [-0.25, -0.2) is 0 Å². The Hall–Kier alpha value is -1.12. The number of aliphatic carboxylic acids is 1. The molecule has 3 nitrogen and oxygen atoms in total. The minimum Gasteiger partial charge on any atom is -0.481 e. The van der Waals surface area contributed by atoms with Crippen molar-refractivity contribution in [3.05, 3.63) is 11.1 Å². The molecule has 1 spiro atoms. The largest absolute Gasteiger partial charge is 0.481 e. The molecule has 2 bridgehead atoms. The lowest BCUT2D eigenvalue weighted by atomic mass is 9.47. The molecule has 4 rings (SSSR count). The highest BCUT2D eigenvalue weighted by atomic mass is 16.4. The second-order valence-electron chi connectivity index (χ2n) is 8.55. The summed E-state index contributed by atoms with van der Waals surface area (Å²) < 4.78 is 0. The number of fused-ring (bicyclic) bond motifs is 3. The first-order valence-corrected chi connectivity index (χ1v) is 8.84. The lowest BCUT2D eigenvalue weighted by Crippen LogP contribution is -2.49. The number of hydrogen-bond acceptors (Lipinski definition) is 2. The number of Topliss-reactive ketones (excluding diaryl/α,β-unsaturated/α-hetero) is 1. The molecule has 3 saturated carbocycles. The van der Waals surface area contributed by atoms with Crippen LogP contribution in [0.5, 0.6) is 0 Å². The molecule has 22 heavy (non-hydrogen) atoms. The van der Waals surface area contributed by atoms with Crippen LogP contribution in [-0.2, 0) is 9.59 Å². The molecule has 120 valence electrons. The van der Waals surface area contributed by atoms with Gasteiger partial charge in [-0.1, -0.05) is 12.5 Å². The van der Waals surface area contributed by atoms with Crippen LogP contribution in [0.15, 0.2) is 11.1 Å². The molecule has 5 atom stereocenters. The predicted octanol–water partition coefficient (Wildman–Crippen LogP) is 3.97. The number of ketones is 1. The minimum atomic E-state index is -0.580. The topological polar surface area (TPSA) is 54.4 Å². The van der Waals surface area contributed by atoms with Gasteiger partial charge in [-0.05, 0) is 80.1 Å². The number of rotatable bonds is 1. The third-order valence-corrected chi connectivity index (χ3v) is 7.82. The van der Waals surface area contributed by atoms with E-state index >= 15 is 0 Å². The number of hydrogen-bond donors (Lipinski definition) is 1. The molecular formula is C19H26O3. The summed E-state index contributed by atoms with van der Waals surface area (Å²) in [4.78, 5) is 23.7. The van der Waals surface area contributed by atoms with E-state index in [0.717, 1.165) is 50.5 Å². The summed E-state index contributed by atoms with van der Waals surface area (Å²) in [6, 6.07) is 0. The Labute approximate surface area is 132 Å². The SMILES string of the molecule is CC1=C2CCC34CC(CCC3C2(C)CCC1=O)C(C(=O)O)C4. The van der Waals surface area contributed by atoms with E-state index in [1.54, 1.807) is 0 Å². The van der Waals surface area contributed by atoms with Gasteiger partial charge in [0.05, 0.1) is 5.92 Å². The average Bonchev–Trinajstić information content (AvgIpc) is 2.75. The van der Waals surface area contributed by atoms with Gasteiger partial charge in [-0.15, -0.1) is 0 Å². The molecule has 1 N–H and O–H groups in total. The number of carboxylic acids is 1. The monoisotopic (exact) mass is 302 g/mol. The van der Waals surface area contributed by atoms with Crippen molar-refractivity contribution in [1.29, 1.82) is 0 Å². The molecule has 0 aromatic rings. The lowest BCUT2D eigenvalue weighted by molar-refractivity contribution is -0.143. The van der Waals surface area contributed by atoms with Gasteiger partial charge in [-0.3, -0.25) is 9.59 Å². The Morgan fingerprint density at radius 2 is 1.95 bits per heavy atom. The number of carbonyl (C=O) groups is 2. The van der Waals surface area contributed by atoms with Crippen LogP contribution in [0, 0.1) is 28.6 Å². The van der Waals surface area contributed by atoms with Gasteiger partial charge in [0.1, 0.15) is 0 Å². The van der Waals surface area contributed by atoms with Crippen molar-refractivity contribution in [2.24, 2.45) is 28.6 Å². The Bertz CT molecular complexity index is 589. The Kier molecular flexibility index (Phi) is 2.93. The maximum atomic E-state index is 12.1. The van der Waals surface area contributed by atoms with Crippen molar-refractivity contribution in [2.75, 3.05) is 0 Å². The molecular weight excluding hydrogens is 276 g/mol. The van der Waals surface area contributed by atoms with Gasteiger partial charge in [0.15, 0.2) is 5.78 Å². The Morgan fingerprint density at radius 1 is 1.18 bits per heavy atom. The van der Waals surface area contributed by atoms with E-state index in [2.05, 4.69) is 6.92 Å². The summed E-state index contributed by atoms with van der Waals surface area (Å²) in [5.41, 5.74) is 2.83. The minimum absolute atomic E-state index is 0.120. The third kappa shape index (κ3) is 1.68. The second kappa shape index (κ2) is 4.46. The van der Waals surface area contributed by atoms with Gasteiger partial charge in [0.25, 0.3) is 0 Å². The summed E-state index contributed by atoms with van der Waals surface area (Å²) in [6.07, 6.45) is 8.02. The molecule has 0 aromatic heterocycles. The number of allylic oxidation sites excluding steroid dienone is 2. The van der Waals surface area contributed by atoms with E-state index in [4.69, 9.17) is 0 Å². The maximum absolute atomic E-state index is 12.1. The van der Waals surface area contributed by atoms with E-state index in [1.165, 1.54) is 5.57 Å². The first-order chi connectivity index (χ1) is 10.4. The average molecular weight is 302 g/mol. The van der Waals surface area contributed by atoms with E-state index in [1.807, 2.05) is 6.92 Å². The highest BCUT2D eigenvalue weighted by Gasteiger charge is 2.62. The summed E-state index contributed by atoms with van der Waals surface area (Å²) in [5.74, 6) is 0.628. The van der Waals surface area contributed by atoms with Gasteiger partial charge >= 0.3 is 5.97 Å². The molecule has 0 aliphatic heterocycles. The fourth-order valence-electron chi connectivity index (χ4n) is 6.83. The zero-order chi connectivity index (χ0) is 15.7. The van der Waals surface area contributed by atoms with Crippen LogP contribution < -0.4 is 0 Å². The van der Waals surface area contributed by atoms with Crippen LogP contribution in [0.25, 0.3) is 0 Å². The summed E-state index contributed by atoms with van der Waals surface area (Å²) in [6.45, 7) is 4.39. The number of carboxylic acid groups (broad SMARTS) is 1. The van der Waals surface area contributed by atoms with Crippen molar-refractivity contribution in [1.82, 2.24) is 0 Å². The lowest BCUT2D eigenvalue weighted by Gasteiger charge is -2.57. The smallest absolute Gasteiger partial charge is 0.306 e. The normalized spacial score (nSPS) is 47.2. The summed E-state index contributed by atoms with van der Waals surface area (Å²) >= 11 is 0. The van der Waals surface area contributed by atoms with Crippen molar-refractivity contribution in [3.63, 3.8) is 0 Å². The molecule has 3 fully saturated rings. The highest BCUT2D eigenvalue weighted by molar-refractivity contribution is 5.96. The fraction of sp³-hybridized carbons (Fsp3) is 0.789. The molecule has 0 aromatic carbocycles. The van der Waals surface area contributed by atoms with Crippen LogP contribution in [0.1, 0.15) is 65.2 Å². The van der Waals surface area contributed by atoms with Crippen LogP contribution in [0.4, 0.5) is 0 Å². The van der Waals surface area contributed by atoms with Crippen LogP contribution in [0.2, 0.25) is 0 Å². The van der Waals surface area contributed by atoms with Gasteiger partial charge < -0.3 is 5.11 Å². The molecule has 4 aliphatic carbocycles. The van der Waals surface area contributed by atoms with Gasteiger partial charge in [0.2, 0.25) is 0 Å². The molecule has 4 aliphatic rings. The fourth-order valence-corrected chi connectivity index (χ4v) is 6.83. The zero-order valence-corrected chi connectivity index (χ0v) is 13.7. The van der Waals surface area contributed by atoms with E-state index in [0.29, 0.717) is 24.0 Å². The Balaban J connectivity index is 1.75. The molecule has 3 heteroatoms. The van der Waals surface area contributed by atoms with Crippen molar-refractivity contribution in [3.8, 4) is 0 Å². The van der Waals surface area contributed by atoms with Crippen LogP contribution in [0.3, 0.4) is 0 Å². The molecule has 0 amide bonds. The highest BCUT2D eigenvalue weighted by Crippen LogP contribution is 2.69. The van der Waals surface area contributed by atoms with Crippen molar-refractivity contribution in [2.45, 2.75) is 65.2 Å². The van der Waals surface area contributed by atoms with Gasteiger partial charge in [0, 0.05) is 6.42 Å². The van der Waals surface area contributed by atoms with E-state index in [9.17, 15) is 14.7 Å². The standard InChI is InChI=1S/C19H26O3/c1-11-14-5-8-19-9-12(13(10-19)17(21)22)3-4-16(19)18(14,2)7-6-15(11)20/h12-13,16H,3-10H2,1-2H3,(H,21,22). The molecule has 5 unspecified atom stereocenters. The second-order valence-corrected chi connectivity index (χ2v) is 8.55. The maximum Gasteiger partial charge on any atom is 0.306 e. The summed E-state index contributed by atoms with van der Waals surface area (Å²) in [5, 5.41) is 9.57. The van der Waals surface area contributed by atoms with E-state index in [-0.39, 0.29) is 16.7 Å². The van der Waals surface area contributed by atoms with Gasteiger partial charge in [-0.2, -0.15) is 0 Å². The van der Waals surface area contributed by atoms with Crippen molar-refractivity contribution < 1.29 is 14.7 Å². The first-order valence-electron chi connectivity index (χ1n) is 8.84. The molecule has 0 radical (unpaired) electrons. The van der Waals surface area contributed by atoms with Crippen LogP contribution >= 0.6 is 0 Å². The quantitative estimate of drug-likeness (QED) is 0.797. The molecule has 0 saturated heterocycles. The van der Waals surface area contributed by atoms with Crippen molar-refractivity contribution >= 4 is 11.8 Å². The summed E-state index contributed by atoms with van der Waals surface area (Å²) in [7, 11) is 0. The number of carbonyl (C=O) groups excluding carboxylic acids is 1. The zero-order valence-electron chi connectivity index (χ0n) is 13.7. The van der Waals surface area contributed by atoms with E-state index < -0.39 is 5.97 Å². The Morgan fingerprint density at radius 3 is 2.68 bits per heavy atom. The molecule has 0 heterocycles. The van der Waals surface area contributed by atoms with Crippen LogP contribution in [-0.4, -0.2) is 16.9 Å².